The number of likely N-dealkylation sites (tertiary alicyclic amines) is 2. The van der Waals surface area contributed by atoms with Crippen molar-refractivity contribution in [2.75, 3.05) is 46.4 Å². The molecule has 0 aromatic heterocycles. The van der Waals surface area contributed by atoms with Crippen molar-refractivity contribution in [2.45, 2.75) is 26.2 Å². The summed E-state index contributed by atoms with van der Waals surface area (Å²) in [5, 5.41) is 3.06. The number of methoxy groups -OCH3 is 1. The Morgan fingerprint density at radius 3 is 2.70 bits per heavy atom. The van der Waals surface area contributed by atoms with Crippen LogP contribution in [0.15, 0.2) is 24.3 Å². The zero-order chi connectivity index (χ0) is 19.2. The van der Waals surface area contributed by atoms with Crippen LogP contribution in [0.1, 0.15) is 36.5 Å². The summed E-state index contributed by atoms with van der Waals surface area (Å²) in [7, 11) is 1.59. The second-order valence-electron chi connectivity index (χ2n) is 7.78. The Morgan fingerprint density at radius 2 is 1.96 bits per heavy atom. The molecule has 27 heavy (non-hydrogen) atoms. The molecular formula is C21H31N3O3. The topological polar surface area (TPSA) is 61.9 Å². The van der Waals surface area contributed by atoms with E-state index in [2.05, 4.69) is 17.1 Å². The summed E-state index contributed by atoms with van der Waals surface area (Å²) in [4.78, 5) is 29.3. The zero-order valence-electron chi connectivity index (χ0n) is 16.4. The molecule has 0 bridgehead atoms. The summed E-state index contributed by atoms with van der Waals surface area (Å²) >= 11 is 0. The molecule has 2 fully saturated rings. The average molecular weight is 373 g/mol. The molecule has 6 heteroatoms. The first-order valence-corrected chi connectivity index (χ1v) is 10.00. The van der Waals surface area contributed by atoms with Crippen LogP contribution in [0.25, 0.3) is 0 Å². The first kappa shape index (κ1) is 19.7. The van der Waals surface area contributed by atoms with E-state index in [9.17, 15) is 9.59 Å². The van der Waals surface area contributed by atoms with Gasteiger partial charge in [0.25, 0.3) is 5.91 Å². The van der Waals surface area contributed by atoms with E-state index in [0.29, 0.717) is 30.9 Å². The van der Waals surface area contributed by atoms with E-state index in [4.69, 9.17) is 4.74 Å². The second-order valence-corrected chi connectivity index (χ2v) is 7.78. The van der Waals surface area contributed by atoms with E-state index >= 15 is 0 Å². The number of ether oxygens (including phenoxy) is 1. The maximum Gasteiger partial charge on any atom is 0.254 e. The van der Waals surface area contributed by atoms with Crippen molar-refractivity contribution >= 4 is 11.8 Å². The van der Waals surface area contributed by atoms with E-state index in [-0.39, 0.29) is 17.7 Å². The molecule has 0 radical (unpaired) electrons. The molecule has 0 unspecified atom stereocenters. The van der Waals surface area contributed by atoms with Crippen LogP contribution < -0.4 is 10.1 Å². The number of nitrogens with zero attached hydrogens (tertiary/aromatic N) is 2. The quantitative estimate of drug-likeness (QED) is 0.829. The smallest absolute Gasteiger partial charge is 0.254 e. The molecule has 1 aromatic rings. The zero-order valence-corrected chi connectivity index (χ0v) is 16.4. The van der Waals surface area contributed by atoms with Gasteiger partial charge in [-0.3, -0.25) is 9.59 Å². The molecule has 6 nitrogen and oxygen atoms in total. The number of carbonyl (C=O) groups is 2. The molecule has 2 aliphatic rings. The second kappa shape index (κ2) is 9.22. The number of benzene rings is 1. The van der Waals surface area contributed by atoms with Gasteiger partial charge in [0.05, 0.1) is 13.0 Å². The van der Waals surface area contributed by atoms with Gasteiger partial charge in [-0.2, -0.15) is 0 Å². The molecule has 1 aromatic carbocycles. The minimum atomic E-state index is -0.110. The number of hydrogen-bond donors (Lipinski definition) is 1. The van der Waals surface area contributed by atoms with Crippen molar-refractivity contribution < 1.29 is 14.3 Å². The SMILES string of the molecule is COc1cccc(C(=O)N2CC[C@H](C(=O)NCCN3CCC(C)CC3)C2)c1. The Bertz CT molecular complexity index is 656. The fraction of sp³-hybridized carbons (Fsp3) is 0.619. The van der Waals surface area contributed by atoms with Crippen molar-refractivity contribution in [1.29, 1.82) is 0 Å². The van der Waals surface area contributed by atoms with E-state index in [0.717, 1.165) is 32.0 Å². The number of carbonyl (C=O) groups excluding carboxylic acids is 2. The van der Waals surface area contributed by atoms with Crippen LogP contribution in [0, 0.1) is 11.8 Å². The van der Waals surface area contributed by atoms with Crippen LogP contribution in [0.5, 0.6) is 5.75 Å². The predicted molar refractivity (Wildman–Crippen MR) is 105 cm³/mol. The predicted octanol–water partition coefficient (Wildman–Crippen LogP) is 2.01. The third-order valence-corrected chi connectivity index (χ3v) is 5.77. The number of amides is 2. The summed E-state index contributed by atoms with van der Waals surface area (Å²) in [6.07, 6.45) is 3.22. The number of rotatable bonds is 6. The highest BCUT2D eigenvalue weighted by Gasteiger charge is 2.31. The van der Waals surface area contributed by atoms with Crippen molar-refractivity contribution in [3.05, 3.63) is 29.8 Å². The van der Waals surface area contributed by atoms with Gasteiger partial charge in [0.1, 0.15) is 5.75 Å². The Labute approximate surface area is 161 Å². The number of piperidine rings is 1. The standard InChI is InChI=1S/C21H31N3O3/c1-16-6-10-23(11-7-16)13-9-22-20(25)18-8-12-24(15-18)21(26)17-4-3-5-19(14-17)27-2/h3-5,14,16,18H,6-13,15H2,1-2H3,(H,22,25)/t18-/m0/s1. The lowest BCUT2D eigenvalue weighted by Gasteiger charge is -2.30. The first-order chi connectivity index (χ1) is 13.1. The minimum absolute atomic E-state index is 0.0355. The Kier molecular flexibility index (Phi) is 6.72. The lowest BCUT2D eigenvalue weighted by molar-refractivity contribution is -0.124. The summed E-state index contributed by atoms with van der Waals surface area (Å²) in [5.74, 6) is 1.41. The molecule has 2 amide bonds. The van der Waals surface area contributed by atoms with Gasteiger partial charge in [-0.15, -0.1) is 0 Å². The molecule has 0 aliphatic carbocycles. The number of nitrogens with one attached hydrogen (secondary N) is 1. The Morgan fingerprint density at radius 1 is 1.19 bits per heavy atom. The normalized spacial score (nSPS) is 21.3. The monoisotopic (exact) mass is 373 g/mol. The Hall–Kier alpha value is -2.08. The molecule has 0 spiro atoms. The molecule has 148 valence electrons. The van der Waals surface area contributed by atoms with Crippen LogP contribution in [0.2, 0.25) is 0 Å². The summed E-state index contributed by atoms with van der Waals surface area (Å²) in [5.41, 5.74) is 0.606. The fourth-order valence-corrected chi connectivity index (χ4v) is 3.86. The highest BCUT2D eigenvalue weighted by atomic mass is 16.5. The Balaban J connectivity index is 1.43. The van der Waals surface area contributed by atoms with Gasteiger partial charge in [0, 0.05) is 31.7 Å². The molecule has 2 aliphatic heterocycles. The molecule has 0 saturated carbocycles. The van der Waals surface area contributed by atoms with E-state index in [1.807, 2.05) is 12.1 Å². The van der Waals surface area contributed by atoms with E-state index < -0.39 is 0 Å². The maximum atomic E-state index is 12.7. The molecule has 3 rings (SSSR count). The van der Waals surface area contributed by atoms with Gasteiger partial charge >= 0.3 is 0 Å². The largest absolute Gasteiger partial charge is 0.497 e. The van der Waals surface area contributed by atoms with E-state index in [1.54, 1.807) is 24.1 Å². The van der Waals surface area contributed by atoms with Crippen molar-refractivity contribution in [3.63, 3.8) is 0 Å². The fourth-order valence-electron chi connectivity index (χ4n) is 3.86. The third-order valence-electron chi connectivity index (χ3n) is 5.77. The molecule has 2 saturated heterocycles. The highest BCUT2D eigenvalue weighted by molar-refractivity contribution is 5.95. The van der Waals surface area contributed by atoms with Crippen LogP contribution >= 0.6 is 0 Å². The van der Waals surface area contributed by atoms with Crippen LogP contribution in [-0.4, -0.2) is 68.0 Å². The van der Waals surface area contributed by atoms with E-state index in [1.165, 1.54) is 12.8 Å². The number of hydrogen-bond acceptors (Lipinski definition) is 4. The summed E-state index contributed by atoms with van der Waals surface area (Å²) in [6.45, 7) is 7.27. The third kappa shape index (κ3) is 5.22. The van der Waals surface area contributed by atoms with Gasteiger partial charge in [-0.25, -0.2) is 0 Å². The average Bonchev–Trinajstić information content (AvgIpc) is 3.19. The van der Waals surface area contributed by atoms with Crippen molar-refractivity contribution in [3.8, 4) is 5.75 Å². The summed E-state index contributed by atoms with van der Waals surface area (Å²) in [6, 6.07) is 7.17. The lowest BCUT2D eigenvalue weighted by Crippen LogP contribution is -2.41. The summed E-state index contributed by atoms with van der Waals surface area (Å²) < 4.78 is 5.19. The first-order valence-electron chi connectivity index (χ1n) is 10.00. The highest BCUT2D eigenvalue weighted by Crippen LogP contribution is 2.21. The van der Waals surface area contributed by atoms with Gasteiger partial charge < -0.3 is 19.9 Å². The minimum Gasteiger partial charge on any atom is -0.497 e. The van der Waals surface area contributed by atoms with Gasteiger partial charge in [0.2, 0.25) is 5.91 Å². The van der Waals surface area contributed by atoms with Crippen molar-refractivity contribution in [2.24, 2.45) is 11.8 Å². The van der Waals surface area contributed by atoms with Crippen LogP contribution in [-0.2, 0) is 4.79 Å². The van der Waals surface area contributed by atoms with Gasteiger partial charge in [-0.05, 0) is 56.5 Å². The molecule has 2 heterocycles. The van der Waals surface area contributed by atoms with Gasteiger partial charge in [-0.1, -0.05) is 13.0 Å². The lowest BCUT2D eigenvalue weighted by atomic mass is 9.99. The van der Waals surface area contributed by atoms with Crippen molar-refractivity contribution in [1.82, 2.24) is 15.1 Å². The van der Waals surface area contributed by atoms with Gasteiger partial charge in [0.15, 0.2) is 0 Å². The maximum absolute atomic E-state index is 12.7. The molecule has 1 N–H and O–H groups in total. The van der Waals surface area contributed by atoms with Crippen LogP contribution in [0.4, 0.5) is 0 Å². The molecular weight excluding hydrogens is 342 g/mol. The van der Waals surface area contributed by atoms with Crippen LogP contribution in [0.3, 0.4) is 0 Å². The molecule has 1 atom stereocenters.